The van der Waals surface area contributed by atoms with Gasteiger partial charge in [-0.15, -0.1) is 11.3 Å². The molecule has 2 aromatic heterocycles. The second-order valence-electron chi connectivity index (χ2n) is 6.29. The molecule has 3 amide bonds. The van der Waals surface area contributed by atoms with Crippen LogP contribution in [0.3, 0.4) is 0 Å². The zero-order valence-corrected chi connectivity index (χ0v) is 16.4. The number of nitrogens with one attached hydrogen (secondary N) is 3. The molecule has 1 aromatic carbocycles. The van der Waals surface area contributed by atoms with Gasteiger partial charge in [-0.1, -0.05) is 17.7 Å². The molecule has 8 heteroatoms. The molecular formula is C20H21N3O4S. The van der Waals surface area contributed by atoms with Gasteiger partial charge in [0.15, 0.2) is 6.61 Å². The van der Waals surface area contributed by atoms with Crippen molar-refractivity contribution in [1.29, 1.82) is 0 Å². The molecule has 7 nitrogen and oxygen atoms in total. The van der Waals surface area contributed by atoms with E-state index in [-0.39, 0.29) is 6.42 Å². The highest BCUT2D eigenvalue weighted by Gasteiger charge is 2.16. The van der Waals surface area contributed by atoms with Gasteiger partial charge in [0.1, 0.15) is 0 Å². The number of thiophene rings is 1. The Labute approximate surface area is 166 Å². The number of amides is 3. The van der Waals surface area contributed by atoms with Crippen molar-refractivity contribution in [3.63, 3.8) is 0 Å². The van der Waals surface area contributed by atoms with E-state index >= 15 is 0 Å². The predicted molar refractivity (Wildman–Crippen MR) is 108 cm³/mol. The summed E-state index contributed by atoms with van der Waals surface area (Å²) in [4.78, 5) is 39.2. The molecule has 0 saturated heterocycles. The molecule has 0 fully saturated rings. The highest BCUT2D eigenvalue weighted by atomic mass is 32.1. The molecule has 3 aromatic rings. The van der Waals surface area contributed by atoms with Gasteiger partial charge in [-0.25, -0.2) is 4.79 Å². The van der Waals surface area contributed by atoms with E-state index in [1.807, 2.05) is 41.9 Å². The van der Waals surface area contributed by atoms with Crippen molar-refractivity contribution in [2.24, 2.45) is 0 Å². The number of esters is 1. The van der Waals surface area contributed by atoms with Gasteiger partial charge in [-0.2, -0.15) is 0 Å². The maximum atomic E-state index is 12.1. The van der Waals surface area contributed by atoms with E-state index in [1.165, 1.54) is 7.05 Å². The molecule has 0 saturated carbocycles. The number of fused-ring (bicyclic) bond motifs is 1. The van der Waals surface area contributed by atoms with E-state index in [0.717, 1.165) is 32.6 Å². The number of imide groups is 1. The molecule has 0 spiro atoms. The van der Waals surface area contributed by atoms with Gasteiger partial charge < -0.3 is 15.0 Å². The Morgan fingerprint density at radius 1 is 1.21 bits per heavy atom. The largest absolute Gasteiger partial charge is 0.456 e. The minimum Gasteiger partial charge on any atom is -0.456 e. The summed E-state index contributed by atoms with van der Waals surface area (Å²) in [5.74, 6) is -1.17. The molecule has 0 bridgehead atoms. The smallest absolute Gasteiger partial charge is 0.321 e. The van der Waals surface area contributed by atoms with Gasteiger partial charge in [-0.05, 0) is 42.5 Å². The molecule has 3 rings (SSSR count). The second-order valence-corrected chi connectivity index (χ2v) is 7.24. The average molecular weight is 399 g/mol. The zero-order chi connectivity index (χ0) is 20.1. The van der Waals surface area contributed by atoms with Crippen LogP contribution >= 0.6 is 11.3 Å². The molecule has 0 unspecified atom stereocenters. The number of benzene rings is 1. The number of ether oxygens (including phenoxy) is 1. The number of H-pyrrole nitrogens is 1. The Balaban J connectivity index is 1.70. The van der Waals surface area contributed by atoms with Gasteiger partial charge in [-0.3, -0.25) is 14.9 Å². The van der Waals surface area contributed by atoms with Gasteiger partial charge in [0, 0.05) is 24.4 Å². The van der Waals surface area contributed by atoms with Gasteiger partial charge in [0.2, 0.25) is 0 Å². The third-order valence-electron chi connectivity index (χ3n) is 4.25. The maximum Gasteiger partial charge on any atom is 0.321 e. The Morgan fingerprint density at radius 2 is 2.04 bits per heavy atom. The van der Waals surface area contributed by atoms with E-state index in [9.17, 15) is 14.4 Å². The van der Waals surface area contributed by atoms with Crippen molar-refractivity contribution in [2.45, 2.75) is 19.8 Å². The van der Waals surface area contributed by atoms with Gasteiger partial charge >= 0.3 is 12.0 Å². The summed E-state index contributed by atoms with van der Waals surface area (Å²) >= 11 is 1.63. The van der Waals surface area contributed by atoms with Crippen molar-refractivity contribution in [2.75, 3.05) is 13.7 Å². The summed E-state index contributed by atoms with van der Waals surface area (Å²) in [6, 6.07) is 9.55. The van der Waals surface area contributed by atoms with Crippen molar-refractivity contribution < 1.29 is 19.1 Å². The fourth-order valence-electron chi connectivity index (χ4n) is 2.92. The van der Waals surface area contributed by atoms with E-state index in [1.54, 1.807) is 11.3 Å². The van der Waals surface area contributed by atoms with Crippen LogP contribution in [0, 0.1) is 6.92 Å². The van der Waals surface area contributed by atoms with Crippen LogP contribution in [0.25, 0.3) is 21.5 Å². The van der Waals surface area contributed by atoms with E-state index in [2.05, 4.69) is 16.4 Å². The lowest BCUT2D eigenvalue weighted by Crippen LogP contribution is -2.39. The summed E-state index contributed by atoms with van der Waals surface area (Å²) in [6.45, 7) is 1.54. The standard InChI is InChI=1S/C20H21N3O4S/c1-12-5-7-15-14(10-12)13(19(22-15)16-4-3-9-28-16)6-8-18(25)27-11-17(24)23-20(26)21-2/h3-5,7,9-10,22H,6,8,11H2,1-2H3,(H2,21,23,24,26). The summed E-state index contributed by atoms with van der Waals surface area (Å²) in [6.07, 6.45) is 0.610. The van der Waals surface area contributed by atoms with Crippen molar-refractivity contribution >= 4 is 40.1 Å². The first-order valence-corrected chi connectivity index (χ1v) is 9.68. The molecule has 0 aliphatic carbocycles. The normalized spacial score (nSPS) is 10.6. The van der Waals surface area contributed by atoms with Crippen LogP contribution in [0.15, 0.2) is 35.7 Å². The molecule has 2 heterocycles. The fourth-order valence-corrected chi connectivity index (χ4v) is 3.68. The topological polar surface area (TPSA) is 100 Å². The molecule has 0 aliphatic rings. The van der Waals surface area contributed by atoms with Crippen LogP contribution in [0.1, 0.15) is 17.5 Å². The number of urea groups is 1. The number of carbonyl (C=O) groups excluding carboxylic acids is 3. The molecule has 0 radical (unpaired) electrons. The van der Waals surface area contributed by atoms with Gasteiger partial charge in [0.25, 0.3) is 5.91 Å². The Bertz CT molecular complexity index is 1010. The third-order valence-corrected chi connectivity index (χ3v) is 5.14. The first-order valence-electron chi connectivity index (χ1n) is 8.80. The maximum absolute atomic E-state index is 12.1. The van der Waals surface area contributed by atoms with Crippen LogP contribution in [-0.4, -0.2) is 36.5 Å². The van der Waals surface area contributed by atoms with Crippen molar-refractivity contribution in [3.8, 4) is 10.6 Å². The average Bonchev–Trinajstić information content (AvgIpc) is 3.32. The number of carbonyl (C=O) groups is 3. The molecule has 28 heavy (non-hydrogen) atoms. The minimum absolute atomic E-state index is 0.131. The summed E-state index contributed by atoms with van der Waals surface area (Å²) in [5.41, 5.74) is 4.20. The fraction of sp³-hybridized carbons (Fsp3) is 0.250. The number of aromatic nitrogens is 1. The number of aryl methyl sites for hydroxylation is 2. The van der Waals surface area contributed by atoms with Gasteiger partial charge in [0.05, 0.1) is 10.6 Å². The minimum atomic E-state index is -0.672. The van der Waals surface area contributed by atoms with E-state index < -0.39 is 24.5 Å². The van der Waals surface area contributed by atoms with Crippen molar-refractivity contribution in [1.82, 2.24) is 15.6 Å². The monoisotopic (exact) mass is 399 g/mol. The zero-order valence-electron chi connectivity index (χ0n) is 15.6. The summed E-state index contributed by atoms with van der Waals surface area (Å²) in [7, 11) is 1.39. The number of aromatic amines is 1. The van der Waals surface area contributed by atoms with Crippen LogP contribution in [0.5, 0.6) is 0 Å². The highest BCUT2D eigenvalue weighted by Crippen LogP contribution is 2.34. The van der Waals surface area contributed by atoms with E-state index in [0.29, 0.717) is 6.42 Å². The van der Waals surface area contributed by atoms with E-state index in [4.69, 9.17) is 4.74 Å². The number of hydrogen-bond acceptors (Lipinski definition) is 5. The SMILES string of the molecule is CNC(=O)NC(=O)COC(=O)CCc1c(-c2cccs2)[nH]c2ccc(C)cc12. The molecule has 3 N–H and O–H groups in total. The Hall–Kier alpha value is -3.13. The van der Waals surface area contributed by atoms with Crippen LogP contribution in [-0.2, 0) is 20.7 Å². The lowest BCUT2D eigenvalue weighted by Gasteiger charge is -2.06. The van der Waals surface area contributed by atoms with Crippen LogP contribution in [0.2, 0.25) is 0 Å². The quantitative estimate of drug-likeness (QED) is 0.555. The molecule has 0 aliphatic heterocycles. The molecule has 146 valence electrons. The summed E-state index contributed by atoms with van der Waals surface area (Å²) < 4.78 is 4.98. The lowest BCUT2D eigenvalue weighted by molar-refractivity contribution is -0.148. The Kier molecular flexibility index (Phi) is 6.10. The summed E-state index contributed by atoms with van der Waals surface area (Å²) in [5, 5.41) is 7.38. The van der Waals surface area contributed by atoms with Crippen molar-refractivity contribution in [3.05, 3.63) is 46.8 Å². The molecular weight excluding hydrogens is 378 g/mol. The first-order chi connectivity index (χ1) is 13.5. The Morgan fingerprint density at radius 3 is 2.75 bits per heavy atom. The van der Waals surface area contributed by atoms with Crippen LogP contribution < -0.4 is 10.6 Å². The third kappa shape index (κ3) is 4.58. The number of rotatable bonds is 6. The highest BCUT2D eigenvalue weighted by molar-refractivity contribution is 7.13. The predicted octanol–water partition coefficient (Wildman–Crippen LogP) is 3.14. The first kappa shape index (κ1) is 19.6. The lowest BCUT2D eigenvalue weighted by atomic mass is 10.0. The van der Waals surface area contributed by atoms with Crippen LogP contribution in [0.4, 0.5) is 4.79 Å². The number of hydrogen-bond donors (Lipinski definition) is 3. The second kappa shape index (κ2) is 8.71. The molecule has 0 atom stereocenters.